The number of anilines is 1. The Morgan fingerprint density at radius 1 is 1.03 bits per heavy atom. The fraction of sp³-hybridized carbons (Fsp3) is 0.321. The first-order valence-electron chi connectivity index (χ1n) is 12.4. The molecular formula is C28H31N5O3S. The van der Waals surface area contributed by atoms with Gasteiger partial charge in [0.25, 0.3) is 10.0 Å². The molecule has 0 saturated carbocycles. The van der Waals surface area contributed by atoms with E-state index in [2.05, 4.69) is 38.7 Å². The van der Waals surface area contributed by atoms with Gasteiger partial charge < -0.3 is 4.74 Å². The Kier molecular flexibility index (Phi) is 6.72. The Morgan fingerprint density at radius 2 is 1.78 bits per heavy atom. The predicted octanol–water partition coefficient (Wildman–Crippen LogP) is 5.47. The molecule has 0 saturated heterocycles. The first-order chi connectivity index (χ1) is 17.7. The summed E-state index contributed by atoms with van der Waals surface area (Å²) in [7, 11) is -3.95. The van der Waals surface area contributed by atoms with Crippen LogP contribution in [0.25, 0.3) is 11.3 Å². The standard InChI is InChI=1S/C28H31N5O3S/c1-17(2)11-21-16-36-25-13-24(26-18(3)7-5-8-19(26)4)31-28(32-25)33-37(34,35)23-10-6-9-20(12-23)27(21)22-14-29-30-15-22/h5-10,12-15,17,21,27H,11,16H2,1-4H3,(H,29,30)(H,31,32,33)/t21-,27?/m1/s1. The molecule has 1 unspecified atom stereocenters. The van der Waals surface area contributed by atoms with E-state index in [0.29, 0.717) is 24.1 Å². The van der Waals surface area contributed by atoms with Gasteiger partial charge in [0.1, 0.15) is 0 Å². The van der Waals surface area contributed by atoms with Crippen molar-refractivity contribution in [3.8, 4) is 17.1 Å². The van der Waals surface area contributed by atoms with Gasteiger partial charge in [-0.05, 0) is 60.6 Å². The maximum absolute atomic E-state index is 13.5. The van der Waals surface area contributed by atoms with E-state index in [1.54, 1.807) is 30.5 Å². The van der Waals surface area contributed by atoms with Crippen molar-refractivity contribution >= 4 is 16.0 Å². The minimum absolute atomic E-state index is 0.0204. The summed E-state index contributed by atoms with van der Waals surface area (Å²) in [5.41, 5.74) is 5.47. The van der Waals surface area contributed by atoms with Crippen molar-refractivity contribution in [3.63, 3.8) is 0 Å². The molecule has 192 valence electrons. The maximum atomic E-state index is 13.5. The second kappa shape index (κ2) is 9.97. The van der Waals surface area contributed by atoms with Gasteiger partial charge in [0, 0.05) is 29.7 Å². The topological polar surface area (TPSA) is 110 Å². The quantitative estimate of drug-likeness (QED) is 0.371. The lowest BCUT2D eigenvalue weighted by Gasteiger charge is -2.29. The predicted molar refractivity (Wildman–Crippen MR) is 143 cm³/mol. The number of hydrogen-bond acceptors (Lipinski definition) is 6. The van der Waals surface area contributed by atoms with Crippen LogP contribution >= 0.6 is 0 Å². The summed E-state index contributed by atoms with van der Waals surface area (Å²) in [4.78, 5) is 9.19. The number of fused-ring (bicyclic) bond motifs is 4. The third kappa shape index (κ3) is 5.22. The highest BCUT2D eigenvalue weighted by molar-refractivity contribution is 7.92. The molecule has 3 heterocycles. The molecule has 4 aromatic rings. The van der Waals surface area contributed by atoms with E-state index >= 15 is 0 Å². The summed E-state index contributed by atoms with van der Waals surface area (Å²) < 4.78 is 35.8. The first kappa shape index (κ1) is 25.0. The Hall–Kier alpha value is -3.72. The normalized spacial score (nSPS) is 18.8. The van der Waals surface area contributed by atoms with Crippen LogP contribution in [0.2, 0.25) is 0 Å². The molecule has 0 aliphatic carbocycles. The van der Waals surface area contributed by atoms with Crippen LogP contribution in [0.3, 0.4) is 0 Å². The number of aryl methyl sites for hydroxylation is 2. The van der Waals surface area contributed by atoms with Crippen LogP contribution in [0, 0.1) is 25.7 Å². The molecular weight excluding hydrogens is 486 g/mol. The van der Waals surface area contributed by atoms with Gasteiger partial charge in [-0.3, -0.25) is 5.10 Å². The van der Waals surface area contributed by atoms with E-state index in [1.165, 1.54) is 0 Å². The zero-order valence-electron chi connectivity index (χ0n) is 21.4. The highest BCUT2D eigenvalue weighted by atomic mass is 32.2. The van der Waals surface area contributed by atoms with Crippen LogP contribution in [0.5, 0.6) is 5.88 Å². The van der Waals surface area contributed by atoms with Gasteiger partial charge >= 0.3 is 0 Å². The lowest BCUT2D eigenvalue weighted by Crippen LogP contribution is -2.25. The fourth-order valence-corrected chi connectivity index (χ4v) is 6.21. The van der Waals surface area contributed by atoms with Crippen molar-refractivity contribution in [2.75, 3.05) is 11.3 Å². The third-order valence-electron chi connectivity index (χ3n) is 6.76. The highest BCUT2D eigenvalue weighted by Gasteiger charge is 2.30. The van der Waals surface area contributed by atoms with Crippen molar-refractivity contribution in [2.45, 2.75) is 44.9 Å². The number of hydrogen-bond donors (Lipinski definition) is 2. The molecule has 4 bridgehead atoms. The molecule has 1 aliphatic rings. The minimum atomic E-state index is -3.95. The number of sulfonamides is 1. The molecule has 9 heteroatoms. The smallest absolute Gasteiger partial charge is 0.264 e. The Labute approximate surface area is 217 Å². The molecule has 0 fully saturated rings. The van der Waals surface area contributed by atoms with Crippen molar-refractivity contribution in [1.82, 2.24) is 20.2 Å². The lowest BCUT2D eigenvalue weighted by molar-refractivity contribution is 0.205. The van der Waals surface area contributed by atoms with Crippen LogP contribution in [0.4, 0.5) is 5.95 Å². The van der Waals surface area contributed by atoms with E-state index < -0.39 is 10.0 Å². The first-order valence-corrected chi connectivity index (χ1v) is 13.9. The number of nitrogens with zero attached hydrogens (tertiary/aromatic N) is 3. The van der Waals surface area contributed by atoms with E-state index in [9.17, 15) is 8.42 Å². The SMILES string of the molecule is Cc1cccc(C)c1-c1cc2nc(n1)NS(=O)(=O)c1cccc(c1)C(c1cn[nH]c1)[C@H](CC(C)C)CO2. The molecule has 5 rings (SSSR count). The number of aromatic amines is 1. The summed E-state index contributed by atoms with van der Waals surface area (Å²) >= 11 is 0. The Balaban J connectivity index is 1.69. The van der Waals surface area contributed by atoms with Crippen LogP contribution in [-0.2, 0) is 10.0 Å². The van der Waals surface area contributed by atoms with Gasteiger partial charge in [0.15, 0.2) is 0 Å². The number of rotatable bonds is 4. The molecule has 2 N–H and O–H groups in total. The number of H-pyrrole nitrogens is 1. The van der Waals surface area contributed by atoms with E-state index in [-0.39, 0.29) is 22.7 Å². The summed E-state index contributed by atoms with van der Waals surface area (Å²) in [6.45, 7) is 8.76. The average molecular weight is 518 g/mol. The molecule has 0 spiro atoms. The maximum Gasteiger partial charge on any atom is 0.264 e. The molecule has 2 aromatic carbocycles. The largest absolute Gasteiger partial charge is 0.477 e. The van der Waals surface area contributed by atoms with Gasteiger partial charge in [-0.1, -0.05) is 44.2 Å². The van der Waals surface area contributed by atoms with Gasteiger partial charge in [0.2, 0.25) is 11.8 Å². The zero-order valence-corrected chi connectivity index (χ0v) is 22.2. The molecule has 1 aliphatic heterocycles. The van der Waals surface area contributed by atoms with Gasteiger partial charge in [0.05, 0.1) is 23.4 Å². The van der Waals surface area contributed by atoms with Crippen molar-refractivity contribution in [2.24, 2.45) is 11.8 Å². The van der Waals surface area contributed by atoms with Crippen LogP contribution in [-0.4, -0.2) is 35.2 Å². The monoisotopic (exact) mass is 517 g/mol. The van der Waals surface area contributed by atoms with Crippen molar-refractivity contribution < 1.29 is 13.2 Å². The van der Waals surface area contributed by atoms with Gasteiger partial charge in [-0.15, -0.1) is 0 Å². The second-order valence-corrected chi connectivity index (χ2v) is 11.8. The Bertz CT molecular complexity index is 1500. The molecule has 2 aromatic heterocycles. The van der Waals surface area contributed by atoms with Crippen molar-refractivity contribution in [1.29, 1.82) is 0 Å². The van der Waals surface area contributed by atoms with Crippen LogP contribution in [0.1, 0.15) is 48.4 Å². The Morgan fingerprint density at radius 3 is 2.49 bits per heavy atom. The molecule has 0 radical (unpaired) electrons. The minimum Gasteiger partial charge on any atom is -0.477 e. The fourth-order valence-electron chi connectivity index (χ4n) is 5.21. The summed E-state index contributed by atoms with van der Waals surface area (Å²) in [5, 5.41) is 7.08. The summed E-state index contributed by atoms with van der Waals surface area (Å²) in [5.74, 6) is 0.637. The molecule has 2 atom stereocenters. The number of nitrogens with one attached hydrogen (secondary N) is 2. The van der Waals surface area contributed by atoms with E-state index in [4.69, 9.17) is 4.74 Å². The van der Waals surface area contributed by atoms with Crippen molar-refractivity contribution in [3.05, 3.63) is 83.2 Å². The third-order valence-corrected chi connectivity index (χ3v) is 8.09. The summed E-state index contributed by atoms with van der Waals surface area (Å²) in [6, 6.07) is 14.8. The second-order valence-electron chi connectivity index (χ2n) is 10.1. The number of benzene rings is 2. The zero-order chi connectivity index (χ0) is 26.2. The molecule has 8 nitrogen and oxygen atoms in total. The van der Waals surface area contributed by atoms with Crippen LogP contribution < -0.4 is 9.46 Å². The molecule has 0 amide bonds. The van der Waals surface area contributed by atoms with Gasteiger partial charge in [-0.2, -0.15) is 10.1 Å². The average Bonchev–Trinajstić information content (AvgIpc) is 3.36. The van der Waals surface area contributed by atoms with E-state index in [1.807, 2.05) is 44.3 Å². The number of aromatic nitrogens is 4. The summed E-state index contributed by atoms with van der Waals surface area (Å²) in [6.07, 6.45) is 4.53. The van der Waals surface area contributed by atoms with Gasteiger partial charge in [-0.25, -0.2) is 18.1 Å². The van der Waals surface area contributed by atoms with Crippen LogP contribution in [0.15, 0.2) is 65.8 Å². The van der Waals surface area contributed by atoms with E-state index in [0.717, 1.165) is 34.2 Å². The highest BCUT2D eigenvalue weighted by Crippen LogP contribution is 2.38. The molecule has 37 heavy (non-hydrogen) atoms. The lowest BCUT2D eigenvalue weighted by atomic mass is 9.78. The number of ether oxygens (including phenoxy) is 1.